The SMILES string of the molecule is CCOC(OCC)C(N)Cc1ccncc1Cl. The van der Waals surface area contributed by atoms with Crippen molar-refractivity contribution in [1.29, 1.82) is 0 Å². The molecule has 1 atom stereocenters. The molecule has 0 saturated heterocycles. The zero-order chi connectivity index (χ0) is 12.7. The standard InChI is InChI=1S/C12H19ClN2O2/c1-3-16-12(17-4-2)11(14)7-9-5-6-15-8-10(9)13/h5-6,8,11-12H,3-4,7,14H2,1-2H3. The fourth-order valence-electron chi connectivity index (χ4n) is 1.54. The van der Waals surface area contributed by atoms with E-state index in [2.05, 4.69) is 4.98 Å². The van der Waals surface area contributed by atoms with Gasteiger partial charge in [-0.1, -0.05) is 11.6 Å². The van der Waals surface area contributed by atoms with Gasteiger partial charge in [0.1, 0.15) is 0 Å². The molecule has 0 aliphatic heterocycles. The normalized spacial score (nSPS) is 13.0. The Hall–Kier alpha value is -0.680. The molecule has 1 heterocycles. The first-order valence-corrected chi connectivity index (χ1v) is 6.14. The second-order valence-corrected chi connectivity index (χ2v) is 4.02. The van der Waals surface area contributed by atoms with Crippen molar-refractivity contribution in [2.75, 3.05) is 13.2 Å². The maximum absolute atomic E-state index is 6.06. The van der Waals surface area contributed by atoms with E-state index in [0.29, 0.717) is 24.7 Å². The van der Waals surface area contributed by atoms with Crippen molar-refractivity contribution in [3.63, 3.8) is 0 Å². The summed E-state index contributed by atoms with van der Waals surface area (Å²) in [7, 11) is 0. The Labute approximate surface area is 107 Å². The molecule has 0 radical (unpaired) electrons. The highest BCUT2D eigenvalue weighted by atomic mass is 35.5. The van der Waals surface area contributed by atoms with Gasteiger partial charge in [0.15, 0.2) is 6.29 Å². The maximum atomic E-state index is 6.06. The molecule has 1 aromatic rings. The van der Waals surface area contributed by atoms with Gasteiger partial charge in [-0.3, -0.25) is 4.98 Å². The van der Waals surface area contributed by atoms with Gasteiger partial charge in [0.25, 0.3) is 0 Å². The minimum absolute atomic E-state index is 0.241. The number of nitrogens with zero attached hydrogens (tertiary/aromatic N) is 1. The van der Waals surface area contributed by atoms with Gasteiger partial charge in [0.2, 0.25) is 0 Å². The molecule has 96 valence electrons. The molecule has 0 saturated carbocycles. The fraction of sp³-hybridized carbons (Fsp3) is 0.583. The number of nitrogens with two attached hydrogens (primary N) is 1. The predicted octanol–water partition coefficient (Wildman–Crippen LogP) is 2.00. The summed E-state index contributed by atoms with van der Waals surface area (Å²) in [5.74, 6) is 0. The van der Waals surface area contributed by atoms with Crippen molar-refractivity contribution in [3.05, 3.63) is 29.0 Å². The summed E-state index contributed by atoms with van der Waals surface area (Å²) in [5, 5.41) is 0.620. The lowest BCUT2D eigenvalue weighted by molar-refractivity contribution is -0.148. The van der Waals surface area contributed by atoms with Gasteiger partial charge in [0.05, 0.1) is 11.1 Å². The monoisotopic (exact) mass is 258 g/mol. The van der Waals surface area contributed by atoms with Crippen LogP contribution in [0, 0.1) is 0 Å². The van der Waals surface area contributed by atoms with Crippen LogP contribution in [0.1, 0.15) is 19.4 Å². The highest BCUT2D eigenvalue weighted by Gasteiger charge is 2.19. The fourth-order valence-corrected chi connectivity index (χ4v) is 1.74. The molecule has 17 heavy (non-hydrogen) atoms. The van der Waals surface area contributed by atoms with Gasteiger partial charge in [-0.15, -0.1) is 0 Å². The first kappa shape index (κ1) is 14.4. The van der Waals surface area contributed by atoms with Crippen LogP contribution in [0.15, 0.2) is 18.5 Å². The van der Waals surface area contributed by atoms with Crippen molar-refractivity contribution < 1.29 is 9.47 Å². The van der Waals surface area contributed by atoms with Crippen molar-refractivity contribution >= 4 is 11.6 Å². The molecule has 0 aliphatic rings. The number of aromatic nitrogens is 1. The second kappa shape index (κ2) is 7.61. The van der Waals surface area contributed by atoms with E-state index in [0.717, 1.165) is 5.56 Å². The first-order chi connectivity index (χ1) is 8.19. The van der Waals surface area contributed by atoms with Gasteiger partial charge in [-0.2, -0.15) is 0 Å². The molecule has 0 spiro atoms. The lowest BCUT2D eigenvalue weighted by Crippen LogP contribution is -2.40. The molecule has 4 nitrogen and oxygen atoms in total. The molecule has 5 heteroatoms. The van der Waals surface area contributed by atoms with E-state index in [9.17, 15) is 0 Å². The number of ether oxygens (including phenoxy) is 2. The van der Waals surface area contributed by atoms with E-state index in [1.807, 2.05) is 19.9 Å². The summed E-state index contributed by atoms with van der Waals surface area (Å²) in [6.45, 7) is 4.97. The predicted molar refractivity (Wildman–Crippen MR) is 68.0 cm³/mol. The molecule has 0 fully saturated rings. The average molecular weight is 259 g/mol. The lowest BCUT2D eigenvalue weighted by Gasteiger charge is -2.23. The van der Waals surface area contributed by atoms with E-state index in [1.165, 1.54) is 0 Å². The molecule has 2 N–H and O–H groups in total. The van der Waals surface area contributed by atoms with Crippen LogP contribution < -0.4 is 5.73 Å². The van der Waals surface area contributed by atoms with Crippen LogP contribution in [0.25, 0.3) is 0 Å². The van der Waals surface area contributed by atoms with Crippen molar-refractivity contribution in [1.82, 2.24) is 4.98 Å². The van der Waals surface area contributed by atoms with Gasteiger partial charge in [0, 0.05) is 25.6 Å². The molecule has 1 unspecified atom stereocenters. The smallest absolute Gasteiger partial charge is 0.172 e. The number of pyridine rings is 1. The largest absolute Gasteiger partial charge is 0.351 e. The van der Waals surface area contributed by atoms with Gasteiger partial charge < -0.3 is 15.2 Å². The van der Waals surface area contributed by atoms with E-state index in [4.69, 9.17) is 26.8 Å². The molecule has 0 bridgehead atoms. The Morgan fingerprint density at radius 3 is 2.53 bits per heavy atom. The molecule has 1 rings (SSSR count). The topological polar surface area (TPSA) is 57.4 Å². The molecule has 1 aromatic heterocycles. The van der Waals surface area contributed by atoms with Crippen molar-refractivity contribution in [2.24, 2.45) is 5.73 Å². The zero-order valence-corrected chi connectivity index (χ0v) is 11.0. The molecular formula is C12H19ClN2O2. The van der Waals surface area contributed by atoms with Crippen molar-refractivity contribution in [3.8, 4) is 0 Å². The third-order valence-electron chi connectivity index (χ3n) is 2.32. The van der Waals surface area contributed by atoms with E-state index >= 15 is 0 Å². The Morgan fingerprint density at radius 1 is 1.35 bits per heavy atom. The maximum Gasteiger partial charge on any atom is 0.172 e. The third-order valence-corrected chi connectivity index (χ3v) is 2.66. The summed E-state index contributed by atoms with van der Waals surface area (Å²) in [6, 6.07) is 1.62. The van der Waals surface area contributed by atoms with Gasteiger partial charge in [-0.05, 0) is 31.9 Å². The van der Waals surface area contributed by atoms with E-state index < -0.39 is 6.29 Å². The summed E-state index contributed by atoms with van der Waals surface area (Å²) >= 11 is 6.03. The molecular weight excluding hydrogens is 240 g/mol. The highest BCUT2D eigenvalue weighted by Crippen LogP contribution is 2.16. The van der Waals surface area contributed by atoms with Crippen LogP contribution in [0.5, 0.6) is 0 Å². The van der Waals surface area contributed by atoms with Gasteiger partial charge in [-0.25, -0.2) is 0 Å². The van der Waals surface area contributed by atoms with Crippen LogP contribution in [-0.2, 0) is 15.9 Å². The van der Waals surface area contributed by atoms with E-state index in [1.54, 1.807) is 12.4 Å². The Balaban J connectivity index is 2.62. The summed E-state index contributed by atoms with van der Waals surface area (Å²) in [5.41, 5.74) is 7.02. The van der Waals surface area contributed by atoms with Crippen molar-refractivity contribution in [2.45, 2.75) is 32.6 Å². The third kappa shape index (κ3) is 4.60. The lowest BCUT2D eigenvalue weighted by atomic mass is 10.1. The molecule has 0 amide bonds. The molecule has 0 aromatic carbocycles. The summed E-state index contributed by atoms with van der Waals surface area (Å²) < 4.78 is 10.9. The van der Waals surface area contributed by atoms with E-state index in [-0.39, 0.29) is 6.04 Å². The number of hydrogen-bond acceptors (Lipinski definition) is 4. The van der Waals surface area contributed by atoms with Crippen LogP contribution in [-0.4, -0.2) is 30.5 Å². The zero-order valence-electron chi connectivity index (χ0n) is 10.2. The average Bonchev–Trinajstić information content (AvgIpc) is 2.32. The van der Waals surface area contributed by atoms with Crippen LogP contribution in [0.3, 0.4) is 0 Å². The Morgan fingerprint density at radius 2 is 2.00 bits per heavy atom. The Kier molecular flexibility index (Phi) is 6.44. The van der Waals surface area contributed by atoms with Crippen LogP contribution >= 0.6 is 11.6 Å². The second-order valence-electron chi connectivity index (χ2n) is 3.61. The molecule has 0 aliphatic carbocycles. The van der Waals surface area contributed by atoms with Gasteiger partial charge >= 0.3 is 0 Å². The minimum Gasteiger partial charge on any atom is -0.351 e. The van der Waals surface area contributed by atoms with Crippen LogP contribution in [0.4, 0.5) is 0 Å². The summed E-state index contributed by atoms with van der Waals surface area (Å²) in [4.78, 5) is 3.93. The minimum atomic E-state index is -0.394. The summed E-state index contributed by atoms with van der Waals surface area (Å²) in [6.07, 6.45) is 3.52. The number of hydrogen-bond donors (Lipinski definition) is 1. The van der Waals surface area contributed by atoms with Crippen LogP contribution in [0.2, 0.25) is 5.02 Å². The number of halogens is 1. The quantitative estimate of drug-likeness (QED) is 0.760. The Bertz CT molecular complexity index is 330. The highest BCUT2D eigenvalue weighted by molar-refractivity contribution is 6.31. The first-order valence-electron chi connectivity index (χ1n) is 5.76. The number of rotatable bonds is 7.